The molecule has 2 aliphatic rings. The molecule has 0 saturated carbocycles. The van der Waals surface area contributed by atoms with Gasteiger partial charge in [0.25, 0.3) is 6.02 Å². The second kappa shape index (κ2) is 6.99. The van der Waals surface area contributed by atoms with Crippen LogP contribution in [0.15, 0.2) is 34.9 Å². The molecule has 0 amide bonds. The largest absolute Gasteiger partial charge is 0.459 e. The number of pyridine rings is 1. The number of aliphatic imine (C=N–C) groups is 1. The fraction of sp³-hybridized carbons (Fsp3) is 0.429. The van der Waals surface area contributed by atoms with Gasteiger partial charge in [0.15, 0.2) is 0 Å². The highest BCUT2D eigenvalue weighted by molar-refractivity contribution is 7.10. The van der Waals surface area contributed by atoms with E-state index in [1.165, 1.54) is 4.88 Å². The second-order valence-electron chi connectivity index (χ2n) is 7.34. The van der Waals surface area contributed by atoms with Crippen LogP contribution in [-0.2, 0) is 15.0 Å². The van der Waals surface area contributed by atoms with E-state index in [2.05, 4.69) is 41.3 Å². The number of hydrogen-bond donors (Lipinski definition) is 1. The van der Waals surface area contributed by atoms with E-state index in [4.69, 9.17) is 20.2 Å². The Morgan fingerprint density at radius 2 is 2.00 bits per heavy atom. The molecule has 1 unspecified atom stereocenters. The van der Waals surface area contributed by atoms with Crippen LogP contribution in [0.3, 0.4) is 0 Å². The summed E-state index contributed by atoms with van der Waals surface area (Å²) in [6, 6.07) is 4.54. The van der Waals surface area contributed by atoms with Gasteiger partial charge in [0.1, 0.15) is 11.1 Å². The van der Waals surface area contributed by atoms with E-state index in [1.54, 1.807) is 17.5 Å². The summed E-state index contributed by atoms with van der Waals surface area (Å²) in [5.41, 5.74) is 8.53. The third-order valence-electron chi connectivity index (χ3n) is 5.22. The molecule has 5 nitrogen and oxygen atoms in total. The smallest absolute Gasteiger partial charge is 0.283 e. The number of aromatic nitrogens is 1. The quantitative estimate of drug-likeness (QED) is 0.806. The average Bonchev–Trinajstić information content (AvgIpc) is 3.13. The first-order valence-electron chi connectivity index (χ1n) is 9.11. The lowest BCUT2D eigenvalue weighted by atomic mass is 9.79. The molecule has 0 bridgehead atoms. The molecule has 1 atom stereocenters. The fourth-order valence-corrected chi connectivity index (χ4v) is 4.96. The number of ether oxygens (including phenoxy) is 2. The maximum Gasteiger partial charge on any atom is 0.283 e. The highest BCUT2D eigenvalue weighted by Gasteiger charge is 2.47. The monoisotopic (exact) mass is 381 g/mol. The number of hydrogen-bond acceptors (Lipinski definition) is 6. The Hall–Kier alpha value is -2.36. The summed E-state index contributed by atoms with van der Waals surface area (Å²) >= 11 is 1.71. The number of nitrogens with two attached hydrogens (primary N) is 1. The van der Waals surface area contributed by atoms with Gasteiger partial charge >= 0.3 is 0 Å². The van der Waals surface area contributed by atoms with Crippen LogP contribution in [-0.4, -0.2) is 29.8 Å². The van der Waals surface area contributed by atoms with Crippen molar-refractivity contribution in [1.29, 1.82) is 0 Å². The van der Waals surface area contributed by atoms with E-state index in [1.807, 2.05) is 13.1 Å². The molecule has 27 heavy (non-hydrogen) atoms. The van der Waals surface area contributed by atoms with E-state index in [-0.39, 0.29) is 11.6 Å². The topological polar surface area (TPSA) is 69.7 Å². The van der Waals surface area contributed by atoms with Gasteiger partial charge in [-0.2, -0.15) is 0 Å². The van der Waals surface area contributed by atoms with Crippen molar-refractivity contribution in [3.8, 4) is 23.0 Å². The molecule has 2 aliphatic heterocycles. The first kappa shape index (κ1) is 18.0. The highest BCUT2D eigenvalue weighted by atomic mass is 32.1. The molecule has 2 aromatic rings. The molecule has 1 spiro atoms. The van der Waals surface area contributed by atoms with Crippen molar-refractivity contribution in [3.63, 3.8) is 0 Å². The van der Waals surface area contributed by atoms with Crippen LogP contribution in [0.5, 0.6) is 0 Å². The third kappa shape index (κ3) is 3.58. The summed E-state index contributed by atoms with van der Waals surface area (Å²) in [6.07, 6.45) is 6.16. The zero-order valence-corrected chi connectivity index (χ0v) is 16.4. The van der Waals surface area contributed by atoms with E-state index in [0.29, 0.717) is 13.2 Å². The zero-order chi connectivity index (χ0) is 18.9. The van der Waals surface area contributed by atoms with Crippen LogP contribution in [0, 0.1) is 11.8 Å². The molecule has 0 radical (unpaired) electrons. The van der Waals surface area contributed by atoms with E-state index < -0.39 is 5.54 Å². The predicted molar refractivity (Wildman–Crippen MR) is 108 cm³/mol. The molecule has 2 aromatic heterocycles. The number of amidine groups is 1. The first-order chi connectivity index (χ1) is 13.0. The Balaban J connectivity index is 1.66. The molecule has 6 heteroatoms. The Kier molecular flexibility index (Phi) is 4.67. The number of rotatable bonds is 2. The van der Waals surface area contributed by atoms with Gasteiger partial charge in [0.2, 0.25) is 0 Å². The van der Waals surface area contributed by atoms with Crippen LogP contribution in [0.1, 0.15) is 43.6 Å². The SMILES string of the molecule is CC#Cc1cncc(-c2csc(C3(C)CC4(CCOCC4)OC(N)=N3)c2)c1. The Morgan fingerprint density at radius 3 is 2.78 bits per heavy atom. The maximum absolute atomic E-state index is 6.09. The number of nitrogens with zero attached hydrogens (tertiary/aromatic N) is 2. The van der Waals surface area contributed by atoms with Gasteiger partial charge in [0.05, 0.1) is 13.2 Å². The fourth-order valence-electron chi connectivity index (χ4n) is 3.94. The summed E-state index contributed by atoms with van der Waals surface area (Å²) in [6.45, 7) is 5.38. The second-order valence-corrected chi connectivity index (χ2v) is 8.25. The van der Waals surface area contributed by atoms with Crippen molar-refractivity contribution >= 4 is 17.4 Å². The molecule has 0 aliphatic carbocycles. The lowest BCUT2D eigenvalue weighted by molar-refractivity contribution is -0.0790. The summed E-state index contributed by atoms with van der Waals surface area (Å²) in [4.78, 5) is 10.2. The maximum atomic E-state index is 6.09. The minimum absolute atomic E-state index is 0.277. The molecule has 4 heterocycles. The Bertz CT molecular complexity index is 934. The average molecular weight is 382 g/mol. The first-order valence-corrected chi connectivity index (χ1v) is 9.99. The van der Waals surface area contributed by atoms with Gasteiger partial charge in [-0.25, -0.2) is 4.99 Å². The van der Waals surface area contributed by atoms with Crippen molar-refractivity contribution in [2.24, 2.45) is 10.7 Å². The lowest BCUT2D eigenvalue weighted by Gasteiger charge is -2.45. The minimum Gasteiger partial charge on any atom is -0.459 e. The van der Waals surface area contributed by atoms with Crippen molar-refractivity contribution in [2.45, 2.75) is 44.2 Å². The van der Waals surface area contributed by atoms with Crippen molar-refractivity contribution < 1.29 is 9.47 Å². The molecule has 1 fully saturated rings. The van der Waals surface area contributed by atoms with Crippen LogP contribution in [0.2, 0.25) is 0 Å². The van der Waals surface area contributed by atoms with Gasteiger partial charge in [0, 0.05) is 47.7 Å². The summed E-state index contributed by atoms with van der Waals surface area (Å²) in [7, 11) is 0. The Labute approximate surface area is 163 Å². The van der Waals surface area contributed by atoms with Gasteiger partial charge in [-0.05, 0) is 36.9 Å². The van der Waals surface area contributed by atoms with E-state index >= 15 is 0 Å². The minimum atomic E-state index is -0.392. The van der Waals surface area contributed by atoms with Gasteiger partial charge < -0.3 is 15.2 Å². The lowest BCUT2D eigenvalue weighted by Crippen LogP contribution is -2.50. The third-order valence-corrected chi connectivity index (χ3v) is 6.40. The zero-order valence-electron chi connectivity index (χ0n) is 15.6. The van der Waals surface area contributed by atoms with Crippen LogP contribution >= 0.6 is 11.3 Å². The van der Waals surface area contributed by atoms with Crippen molar-refractivity contribution in [3.05, 3.63) is 40.3 Å². The van der Waals surface area contributed by atoms with Crippen LogP contribution < -0.4 is 5.73 Å². The molecular weight excluding hydrogens is 358 g/mol. The van der Waals surface area contributed by atoms with Gasteiger partial charge in [-0.15, -0.1) is 17.3 Å². The van der Waals surface area contributed by atoms with Gasteiger partial charge in [-0.3, -0.25) is 4.98 Å². The molecule has 140 valence electrons. The molecular formula is C21H23N3O2S. The normalized spacial score (nSPS) is 23.9. The van der Waals surface area contributed by atoms with Crippen LogP contribution in [0.25, 0.3) is 11.1 Å². The molecule has 1 saturated heterocycles. The molecule has 4 rings (SSSR count). The molecule has 0 aromatic carbocycles. The van der Waals surface area contributed by atoms with Crippen LogP contribution in [0.4, 0.5) is 0 Å². The number of thiophene rings is 1. The van der Waals surface area contributed by atoms with Gasteiger partial charge in [-0.1, -0.05) is 5.92 Å². The summed E-state index contributed by atoms with van der Waals surface area (Å²) < 4.78 is 11.5. The standard InChI is InChI=1S/C21H23N3O2S/c1-3-4-15-9-16(12-23-11-15)17-10-18(27-13-17)20(2)14-21(26-19(22)24-20)5-7-25-8-6-21/h9-13H,5-8,14H2,1-2H3,(H2,22,24). The highest BCUT2D eigenvalue weighted by Crippen LogP contribution is 2.46. The van der Waals surface area contributed by atoms with E-state index in [0.717, 1.165) is 36.0 Å². The van der Waals surface area contributed by atoms with Crippen molar-refractivity contribution in [1.82, 2.24) is 4.98 Å². The summed E-state index contributed by atoms with van der Waals surface area (Å²) in [5, 5.41) is 2.15. The van der Waals surface area contributed by atoms with E-state index in [9.17, 15) is 0 Å². The Morgan fingerprint density at radius 1 is 1.19 bits per heavy atom. The van der Waals surface area contributed by atoms with Crippen molar-refractivity contribution in [2.75, 3.05) is 13.2 Å². The molecule has 2 N–H and O–H groups in total. The predicted octanol–water partition coefficient (Wildman–Crippen LogP) is 3.68. The summed E-state index contributed by atoms with van der Waals surface area (Å²) in [5.74, 6) is 5.98.